The van der Waals surface area contributed by atoms with Crippen LogP contribution in [0.5, 0.6) is 0 Å². The number of nitrogens with one attached hydrogen (secondary N) is 1. The molecule has 1 heterocycles. The van der Waals surface area contributed by atoms with Crippen LogP contribution in [0, 0.1) is 0 Å². The van der Waals surface area contributed by atoms with Crippen molar-refractivity contribution in [3.63, 3.8) is 0 Å². The van der Waals surface area contributed by atoms with Crippen molar-refractivity contribution in [1.29, 1.82) is 0 Å². The quantitative estimate of drug-likeness (QED) is 0.325. The van der Waals surface area contributed by atoms with Gasteiger partial charge in [-0.1, -0.05) is 11.6 Å². The summed E-state index contributed by atoms with van der Waals surface area (Å²) in [5.41, 5.74) is 1.50. The van der Waals surface area contributed by atoms with E-state index < -0.39 is 17.8 Å². The molecule has 0 aliphatic carbocycles. The van der Waals surface area contributed by atoms with Crippen molar-refractivity contribution in [3.8, 4) is 0 Å². The topological polar surface area (TPSA) is 112 Å². The molecule has 1 amide bonds. The number of benzene rings is 2. The highest BCUT2D eigenvalue weighted by molar-refractivity contribution is 6.37. The highest BCUT2D eigenvalue weighted by Gasteiger charge is 2.23. The Morgan fingerprint density at radius 3 is 2.44 bits per heavy atom. The highest BCUT2D eigenvalue weighted by atomic mass is 35.5. The molecule has 0 atom stereocenters. The number of amides is 1. The van der Waals surface area contributed by atoms with Gasteiger partial charge >= 0.3 is 17.8 Å². The van der Waals surface area contributed by atoms with Crippen LogP contribution in [0.3, 0.4) is 0 Å². The summed E-state index contributed by atoms with van der Waals surface area (Å²) in [6, 6.07) is 11.0. The number of furan rings is 1. The van der Waals surface area contributed by atoms with Crippen LogP contribution in [0.15, 0.2) is 46.9 Å². The van der Waals surface area contributed by atoms with Crippen LogP contribution in [0.4, 0.5) is 5.69 Å². The molecule has 166 valence electrons. The van der Waals surface area contributed by atoms with Gasteiger partial charge in [-0.05, 0) is 49.7 Å². The standard InChI is InChI=1S/C23H20ClNO7/c1-3-31-23(29)22(28)25-15-8-9-16-17(10-11-19(26)30-2)21(32-18(16)12-15)20(27)13-4-6-14(24)7-5-13/h4-9,12H,3,10-11H2,1-2H3,(H,25,28). The Morgan fingerprint density at radius 2 is 1.78 bits per heavy atom. The lowest BCUT2D eigenvalue weighted by Crippen LogP contribution is -2.24. The third-order valence-electron chi connectivity index (χ3n) is 4.63. The first-order valence-corrected chi connectivity index (χ1v) is 10.1. The lowest BCUT2D eigenvalue weighted by molar-refractivity contribution is -0.152. The van der Waals surface area contributed by atoms with Crippen LogP contribution in [0.1, 0.15) is 35.0 Å². The minimum absolute atomic E-state index is 0.0490. The van der Waals surface area contributed by atoms with E-state index in [0.717, 1.165) is 0 Å². The summed E-state index contributed by atoms with van der Waals surface area (Å²) < 4.78 is 15.2. The first-order valence-electron chi connectivity index (χ1n) is 9.74. The molecule has 1 N–H and O–H groups in total. The van der Waals surface area contributed by atoms with E-state index in [-0.39, 0.29) is 36.7 Å². The zero-order valence-electron chi connectivity index (χ0n) is 17.4. The molecule has 0 aliphatic heterocycles. The first-order chi connectivity index (χ1) is 15.3. The van der Waals surface area contributed by atoms with E-state index in [4.69, 9.17) is 20.8 Å². The molecule has 0 saturated carbocycles. The van der Waals surface area contributed by atoms with Gasteiger partial charge in [-0.25, -0.2) is 4.79 Å². The fraction of sp³-hybridized carbons (Fsp3) is 0.217. The Morgan fingerprint density at radius 1 is 1.06 bits per heavy atom. The smallest absolute Gasteiger partial charge is 0.397 e. The van der Waals surface area contributed by atoms with Gasteiger partial charge in [0, 0.05) is 39.7 Å². The summed E-state index contributed by atoms with van der Waals surface area (Å²) >= 11 is 5.91. The molecule has 3 rings (SSSR count). The van der Waals surface area contributed by atoms with Crippen molar-refractivity contribution in [3.05, 3.63) is 64.4 Å². The molecule has 1 aromatic heterocycles. The van der Waals surface area contributed by atoms with E-state index in [2.05, 4.69) is 10.1 Å². The molecule has 2 aromatic carbocycles. The second kappa shape index (κ2) is 10.1. The maximum Gasteiger partial charge on any atom is 0.397 e. The Balaban J connectivity index is 1.99. The number of halogens is 1. The minimum Gasteiger partial charge on any atom is -0.469 e. The van der Waals surface area contributed by atoms with Crippen molar-refractivity contribution < 1.29 is 33.1 Å². The number of esters is 2. The highest BCUT2D eigenvalue weighted by Crippen LogP contribution is 2.31. The van der Waals surface area contributed by atoms with Crippen molar-refractivity contribution in [2.24, 2.45) is 0 Å². The molecule has 8 nitrogen and oxygen atoms in total. The maximum absolute atomic E-state index is 13.1. The molecule has 0 bridgehead atoms. The normalized spacial score (nSPS) is 10.6. The fourth-order valence-electron chi connectivity index (χ4n) is 3.10. The molecule has 0 unspecified atom stereocenters. The number of anilines is 1. The van der Waals surface area contributed by atoms with E-state index in [9.17, 15) is 19.2 Å². The Kier molecular flexibility index (Phi) is 7.27. The van der Waals surface area contributed by atoms with Crippen LogP contribution in [-0.2, 0) is 30.3 Å². The third-order valence-corrected chi connectivity index (χ3v) is 4.88. The summed E-state index contributed by atoms with van der Waals surface area (Å²) in [7, 11) is 1.29. The molecule has 0 saturated heterocycles. The lowest BCUT2D eigenvalue weighted by atomic mass is 10.0. The van der Waals surface area contributed by atoms with Gasteiger partial charge < -0.3 is 19.2 Å². The number of aryl methyl sites for hydroxylation is 1. The fourth-order valence-corrected chi connectivity index (χ4v) is 3.23. The van der Waals surface area contributed by atoms with Gasteiger partial charge in [0.25, 0.3) is 0 Å². The van der Waals surface area contributed by atoms with Crippen LogP contribution in [0.25, 0.3) is 11.0 Å². The van der Waals surface area contributed by atoms with E-state index in [0.29, 0.717) is 27.1 Å². The largest absolute Gasteiger partial charge is 0.469 e. The molecule has 32 heavy (non-hydrogen) atoms. The maximum atomic E-state index is 13.1. The van der Waals surface area contributed by atoms with Gasteiger partial charge in [-0.3, -0.25) is 14.4 Å². The average Bonchev–Trinajstić information content (AvgIpc) is 3.15. The zero-order valence-corrected chi connectivity index (χ0v) is 18.2. The van der Waals surface area contributed by atoms with Gasteiger partial charge in [-0.2, -0.15) is 0 Å². The van der Waals surface area contributed by atoms with E-state index in [1.54, 1.807) is 43.3 Å². The van der Waals surface area contributed by atoms with Gasteiger partial charge in [0.2, 0.25) is 5.78 Å². The number of rotatable bonds is 7. The second-order valence-corrected chi connectivity index (χ2v) is 7.14. The van der Waals surface area contributed by atoms with Crippen molar-refractivity contribution >= 4 is 51.9 Å². The number of methoxy groups -OCH3 is 1. The monoisotopic (exact) mass is 457 g/mol. The number of carbonyl (C=O) groups excluding carboxylic acids is 4. The van der Waals surface area contributed by atoms with Gasteiger partial charge in [0.15, 0.2) is 5.76 Å². The first kappa shape index (κ1) is 23.0. The Labute approximate surface area is 188 Å². The lowest BCUT2D eigenvalue weighted by Gasteiger charge is -2.05. The number of hydrogen-bond donors (Lipinski definition) is 1. The second-order valence-electron chi connectivity index (χ2n) is 6.71. The summed E-state index contributed by atoms with van der Waals surface area (Å²) in [6.07, 6.45) is 0.260. The predicted octanol–water partition coefficient (Wildman–Crippen LogP) is 3.92. The van der Waals surface area contributed by atoms with Gasteiger partial charge in [0.1, 0.15) is 5.58 Å². The van der Waals surface area contributed by atoms with Gasteiger partial charge in [-0.15, -0.1) is 0 Å². The number of carbonyl (C=O) groups is 4. The summed E-state index contributed by atoms with van der Waals surface area (Å²) in [5, 5.41) is 3.51. The third kappa shape index (κ3) is 5.15. The van der Waals surface area contributed by atoms with Gasteiger partial charge in [0.05, 0.1) is 13.7 Å². The average molecular weight is 458 g/mol. The van der Waals surface area contributed by atoms with Crippen LogP contribution < -0.4 is 5.32 Å². The molecule has 3 aromatic rings. The zero-order chi connectivity index (χ0) is 23.3. The Bertz CT molecular complexity index is 1180. The minimum atomic E-state index is -1.01. The van der Waals surface area contributed by atoms with Crippen LogP contribution in [0.2, 0.25) is 5.02 Å². The Hall–Kier alpha value is -3.65. The van der Waals surface area contributed by atoms with Crippen molar-refractivity contribution in [2.45, 2.75) is 19.8 Å². The molecular weight excluding hydrogens is 438 g/mol. The molecule has 0 fully saturated rings. The summed E-state index contributed by atoms with van der Waals surface area (Å²) in [4.78, 5) is 48.3. The van der Waals surface area contributed by atoms with E-state index >= 15 is 0 Å². The van der Waals surface area contributed by atoms with E-state index in [1.807, 2.05) is 0 Å². The number of ether oxygens (including phenoxy) is 2. The molecule has 9 heteroatoms. The summed E-state index contributed by atoms with van der Waals surface area (Å²) in [6.45, 7) is 1.67. The molecule has 0 aliphatic rings. The van der Waals surface area contributed by atoms with Crippen molar-refractivity contribution in [2.75, 3.05) is 19.0 Å². The number of ketones is 1. The van der Waals surface area contributed by atoms with E-state index in [1.165, 1.54) is 13.2 Å². The van der Waals surface area contributed by atoms with Crippen LogP contribution in [-0.4, -0.2) is 37.3 Å². The molecular formula is C23H20ClNO7. The number of hydrogen-bond acceptors (Lipinski definition) is 7. The molecule has 0 radical (unpaired) electrons. The predicted molar refractivity (Wildman–Crippen MR) is 117 cm³/mol. The SMILES string of the molecule is CCOC(=O)C(=O)Nc1ccc2c(CCC(=O)OC)c(C(=O)c3ccc(Cl)cc3)oc2c1. The number of fused-ring (bicyclic) bond motifs is 1. The summed E-state index contributed by atoms with van der Waals surface area (Å²) in [5.74, 6) is -2.68. The molecule has 0 spiro atoms. The van der Waals surface area contributed by atoms with Crippen molar-refractivity contribution in [1.82, 2.24) is 0 Å². The van der Waals surface area contributed by atoms with Crippen LogP contribution >= 0.6 is 11.6 Å².